The molecule has 0 spiro atoms. The Morgan fingerprint density at radius 3 is 2.77 bits per heavy atom. The SMILES string of the molecule is O=C1/C(=C/c2ccc3cccnc3c2)SC(=S)N1CCc1ccccc1. The number of nitrogens with zero attached hydrogens (tertiary/aromatic N) is 2. The molecule has 0 N–H and O–H groups in total. The first-order chi connectivity index (χ1) is 12.7. The second-order valence-electron chi connectivity index (χ2n) is 6.02. The molecule has 128 valence electrons. The summed E-state index contributed by atoms with van der Waals surface area (Å²) in [6, 6.07) is 20.1. The molecule has 3 nitrogen and oxygen atoms in total. The van der Waals surface area contributed by atoms with E-state index in [-0.39, 0.29) is 5.91 Å². The lowest BCUT2D eigenvalue weighted by Gasteiger charge is -2.14. The van der Waals surface area contributed by atoms with Gasteiger partial charge in [0.1, 0.15) is 4.32 Å². The minimum absolute atomic E-state index is 0.0166. The third kappa shape index (κ3) is 3.54. The molecule has 0 unspecified atom stereocenters. The van der Waals surface area contributed by atoms with Crippen LogP contribution in [0.1, 0.15) is 11.1 Å². The number of rotatable bonds is 4. The van der Waals surface area contributed by atoms with E-state index in [4.69, 9.17) is 12.2 Å². The third-order valence-electron chi connectivity index (χ3n) is 4.27. The van der Waals surface area contributed by atoms with Gasteiger partial charge in [-0.3, -0.25) is 14.7 Å². The summed E-state index contributed by atoms with van der Waals surface area (Å²) < 4.78 is 0.621. The standard InChI is InChI=1S/C21H16N2OS2/c24-20-19(14-16-8-9-17-7-4-11-22-18(17)13-16)26-21(25)23(20)12-10-15-5-2-1-3-6-15/h1-9,11,13-14H,10,12H2/b19-14-. The number of thiocarbonyl (C=S) groups is 1. The summed E-state index contributed by atoms with van der Waals surface area (Å²) in [5, 5.41) is 1.08. The minimum Gasteiger partial charge on any atom is -0.293 e. The van der Waals surface area contributed by atoms with Crippen molar-refractivity contribution in [2.24, 2.45) is 0 Å². The van der Waals surface area contributed by atoms with E-state index < -0.39 is 0 Å². The predicted octanol–water partition coefficient (Wildman–Crippen LogP) is 4.68. The molecule has 0 bridgehead atoms. The van der Waals surface area contributed by atoms with Gasteiger partial charge in [0.25, 0.3) is 5.91 Å². The van der Waals surface area contributed by atoms with Crippen LogP contribution in [-0.2, 0) is 11.2 Å². The molecular weight excluding hydrogens is 360 g/mol. The Hall–Kier alpha value is -2.50. The predicted molar refractivity (Wildman–Crippen MR) is 112 cm³/mol. The van der Waals surface area contributed by atoms with Crippen LogP contribution in [0.3, 0.4) is 0 Å². The Bertz CT molecular complexity index is 1010. The molecule has 1 aliphatic heterocycles. The Labute approximate surface area is 161 Å². The molecule has 3 aromatic rings. The largest absolute Gasteiger partial charge is 0.293 e. The summed E-state index contributed by atoms with van der Waals surface area (Å²) in [7, 11) is 0. The minimum atomic E-state index is -0.0166. The highest BCUT2D eigenvalue weighted by molar-refractivity contribution is 8.26. The van der Waals surface area contributed by atoms with E-state index >= 15 is 0 Å². The summed E-state index contributed by atoms with van der Waals surface area (Å²) in [4.78, 5) is 19.5. The summed E-state index contributed by atoms with van der Waals surface area (Å²) in [6.07, 6.45) is 4.46. The summed E-state index contributed by atoms with van der Waals surface area (Å²) in [5.74, 6) is -0.0166. The van der Waals surface area contributed by atoms with Crippen molar-refractivity contribution in [3.05, 3.63) is 82.9 Å². The number of benzene rings is 2. The Morgan fingerprint density at radius 2 is 1.92 bits per heavy atom. The van der Waals surface area contributed by atoms with E-state index in [9.17, 15) is 4.79 Å². The van der Waals surface area contributed by atoms with Crippen molar-refractivity contribution in [1.82, 2.24) is 9.88 Å². The topological polar surface area (TPSA) is 33.2 Å². The molecule has 2 heterocycles. The summed E-state index contributed by atoms with van der Waals surface area (Å²) in [5.41, 5.74) is 3.08. The van der Waals surface area contributed by atoms with Crippen LogP contribution in [0.15, 0.2) is 71.8 Å². The molecule has 5 heteroatoms. The average molecular weight is 377 g/mol. The van der Waals surface area contributed by atoms with Gasteiger partial charge in [-0.2, -0.15) is 0 Å². The summed E-state index contributed by atoms with van der Waals surface area (Å²) in [6.45, 7) is 0.602. The van der Waals surface area contributed by atoms with Gasteiger partial charge in [0.15, 0.2) is 0 Å². The number of aromatic nitrogens is 1. The second-order valence-corrected chi connectivity index (χ2v) is 7.70. The van der Waals surface area contributed by atoms with Crippen molar-refractivity contribution >= 4 is 51.2 Å². The van der Waals surface area contributed by atoms with Crippen LogP contribution in [0, 0.1) is 0 Å². The number of fused-ring (bicyclic) bond motifs is 1. The Balaban J connectivity index is 1.52. The fourth-order valence-electron chi connectivity index (χ4n) is 2.90. The van der Waals surface area contributed by atoms with E-state index in [2.05, 4.69) is 17.1 Å². The van der Waals surface area contributed by atoms with Gasteiger partial charge < -0.3 is 0 Å². The molecule has 26 heavy (non-hydrogen) atoms. The molecule has 1 aromatic heterocycles. The van der Waals surface area contributed by atoms with Crippen molar-refractivity contribution in [1.29, 1.82) is 0 Å². The zero-order chi connectivity index (χ0) is 17.9. The van der Waals surface area contributed by atoms with Crippen LogP contribution in [0.5, 0.6) is 0 Å². The molecule has 0 saturated carbocycles. The molecule has 1 fully saturated rings. The molecule has 0 atom stereocenters. The fourth-order valence-corrected chi connectivity index (χ4v) is 4.21. The van der Waals surface area contributed by atoms with Gasteiger partial charge in [-0.1, -0.05) is 72.5 Å². The first-order valence-corrected chi connectivity index (χ1v) is 9.57. The number of hydrogen-bond donors (Lipinski definition) is 0. The van der Waals surface area contributed by atoms with Crippen molar-refractivity contribution in [2.45, 2.75) is 6.42 Å². The Kier molecular flexibility index (Phi) is 4.82. The third-order valence-corrected chi connectivity index (χ3v) is 5.65. The van der Waals surface area contributed by atoms with E-state index in [1.165, 1.54) is 17.3 Å². The van der Waals surface area contributed by atoms with Crippen molar-refractivity contribution in [3.8, 4) is 0 Å². The maximum absolute atomic E-state index is 12.7. The van der Waals surface area contributed by atoms with Gasteiger partial charge in [-0.05, 0) is 35.8 Å². The van der Waals surface area contributed by atoms with Crippen LogP contribution >= 0.6 is 24.0 Å². The fraction of sp³-hybridized carbons (Fsp3) is 0.0952. The van der Waals surface area contributed by atoms with Crippen LogP contribution in [-0.4, -0.2) is 26.7 Å². The average Bonchev–Trinajstić information content (AvgIpc) is 2.94. The van der Waals surface area contributed by atoms with E-state index in [0.717, 1.165) is 22.9 Å². The number of amides is 1. The maximum atomic E-state index is 12.7. The maximum Gasteiger partial charge on any atom is 0.266 e. The van der Waals surface area contributed by atoms with Crippen molar-refractivity contribution in [2.75, 3.05) is 6.54 Å². The number of carbonyl (C=O) groups excluding carboxylic acids is 1. The molecule has 1 saturated heterocycles. The highest BCUT2D eigenvalue weighted by Crippen LogP contribution is 2.33. The molecule has 0 radical (unpaired) electrons. The van der Waals surface area contributed by atoms with Gasteiger partial charge in [0, 0.05) is 18.1 Å². The molecular formula is C21H16N2OS2. The smallest absolute Gasteiger partial charge is 0.266 e. The zero-order valence-corrected chi connectivity index (χ0v) is 15.6. The van der Waals surface area contributed by atoms with Gasteiger partial charge in [-0.15, -0.1) is 0 Å². The molecule has 1 amide bonds. The lowest BCUT2D eigenvalue weighted by Crippen LogP contribution is -2.30. The monoisotopic (exact) mass is 376 g/mol. The van der Waals surface area contributed by atoms with E-state index in [0.29, 0.717) is 15.8 Å². The second kappa shape index (κ2) is 7.40. The van der Waals surface area contributed by atoms with Crippen LogP contribution in [0.2, 0.25) is 0 Å². The normalized spacial score (nSPS) is 16.0. The number of thioether (sulfide) groups is 1. The van der Waals surface area contributed by atoms with Crippen LogP contribution < -0.4 is 0 Å². The number of carbonyl (C=O) groups is 1. The van der Waals surface area contributed by atoms with E-state index in [1.807, 2.05) is 54.6 Å². The zero-order valence-electron chi connectivity index (χ0n) is 14.0. The first kappa shape index (κ1) is 16.9. The lowest BCUT2D eigenvalue weighted by molar-refractivity contribution is -0.122. The molecule has 4 rings (SSSR count). The Morgan fingerprint density at radius 1 is 1.08 bits per heavy atom. The first-order valence-electron chi connectivity index (χ1n) is 8.35. The van der Waals surface area contributed by atoms with Crippen LogP contribution in [0.25, 0.3) is 17.0 Å². The van der Waals surface area contributed by atoms with Gasteiger partial charge in [0.05, 0.1) is 10.4 Å². The van der Waals surface area contributed by atoms with Crippen molar-refractivity contribution in [3.63, 3.8) is 0 Å². The molecule has 1 aliphatic rings. The quantitative estimate of drug-likeness (QED) is 0.489. The highest BCUT2D eigenvalue weighted by atomic mass is 32.2. The van der Waals surface area contributed by atoms with Gasteiger partial charge in [-0.25, -0.2) is 0 Å². The van der Waals surface area contributed by atoms with Gasteiger partial charge in [0.2, 0.25) is 0 Å². The highest BCUT2D eigenvalue weighted by Gasteiger charge is 2.31. The van der Waals surface area contributed by atoms with Crippen LogP contribution in [0.4, 0.5) is 0 Å². The summed E-state index contributed by atoms with van der Waals surface area (Å²) >= 11 is 6.78. The van der Waals surface area contributed by atoms with E-state index in [1.54, 1.807) is 11.1 Å². The van der Waals surface area contributed by atoms with Crippen molar-refractivity contribution < 1.29 is 4.79 Å². The molecule has 2 aromatic carbocycles. The number of pyridine rings is 1. The lowest BCUT2D eigenvalue weighted by atomic mass is 10.1. The van der Waals surface area contributed by atoms with Gasteiger partial charge >= 0.3 is 0 Å². The molecule has 0 aliphatic carbocycles. The number of hydrogen-bond acceptors (Lipinski definition) is 4.